The van der Waals surface area contributed by atoms with Crippen molar-refractivity contribution in [3.63, 3.8) is 0 Å². The molecule has 0 radical (unpaired) electrons. The molecule has 2 aromatic rings. The lowest BCUT2D eigenvalue weighted by molar-refractivity contribution is 0.0689. The van der Waals surface area contributed by atoms with Gasteiger partial charge in [-0.25, -0.2) is 14.8 Å². The third kappa shape index (κ3) is 2.99. The molecule has 0 bridgehead atoms. The van der Waals surface area contributed by atoms with Gasteiger partial charge in [-0.15, -0.1) is 0 Å². The van der Waals surface area contributed by atoms with Crippen molar-refractivity contribution in [3.05, 3.63) is 59.2 Å². The summed E-state index contributed by atoms with van der Waals surface area (Å²) in [5.41, 5.74) is 2.38. The number of amides is 1. The van der Waals surface area contributed by atoms with Crippen LogP contribution in [0.2, 0.25) is 0 Å². The summed E-state index contributed by atoms with van der Waals surface area (Å²) in [7, 11) is 0. The fourth-order valence-electron chi connectivity index (χ4n) is 3.15. The third-order valence-corrected chi connectivity index (χ3v) is 4.53. The summed E-state index contributed by atoms with van der Waals surface area (Å²) in [6.45, 7) is 4.42. The summed E-state index contributed by atoms with van der Waals surface area (Å²) >= 11 is 0. The van der Waals surface area contributed by atoms with Gasteiger partial charge in [-0.3, -0.25) is 4.79 Å². The van der Waals surface area contributed by atoms with Crippen LogP contribution >= 0.6 is 0 Å². The summed E-state index contributed by atoms with van der Waals surface area (Å²) in [5.74, 6) is -1.52. The zero-order valence-corrected chi connectivity index (χ0v) is 13.6. The predicted molar refractivity (Wildman–Crippen MR) is 87.9 cm³/mol. The Morgan fingerprint density at radius 2 is 1.83 bits per heavy atom. The van der Waals surface area contributed by atoms with Gasteiger partial charge in [0.15, 0.2) is 5.69 Å². The first-order valence-corrected chi connectivity index (χ1v) is 7.84. The molecule has 124 valence electrons. The SMILES string of the molecule is CC1(C)CCC(NC(=O)c2cnc(C(=O)O)cn2)c2ccccc21. The summed E-state index contributed by atoms with van der Waals surface area (Å²) in [6.07, 6.45) is 4.10. The van der Waals surface area contributed by atoms with Gasteiger partial charge in [0.1, 0.15) is 5.69 Å². The highest BCUT2D eigenvalue weighted by Gasteiger charge is 2.33. The number of rotatable bonds is 3. The van der Waals surface area contributed by atoms with E-state index < -0.39 is 5.97 Å². The Balaban J connectivity index is 1.81. The molecule has 1 aliphatic rings. The Labute approximate surface area is 140 Å². The van der Waals surface area contributed by atoms with Gasteiger partial charge < -0.3 is 10.4 Å². The number of nitrogens with zero attached hydrogens (tertiary/aromatic N) is 2. The third-order valence-electron chi connectivity index (χ3n) is 4.53. The molecule has 1 aliphatic carbocycles. The fraction of sp³-hybridized carbons (Fsp3) is 0.333. The van der Waals surface area contributed by atoms with Crippen LogP contribution in [0, 0.1) is 0 Å². The number of carboxylic acids is 1. The lowest BCUT2D eigenvalue weighted by atomic mass is 9.71. The highest BCUT2D eigenvalue weighted by Crippen LogP contribution is 2.41. The van der Waals surface area contributed by atoms with E-state index in [9.17, 15) is 9.59 Å². The molecule has 6 nitrogen and oxygen atoms in total. The van der Waals surface area contributed by atoms with E-state index in [0.29, 0.717) is 0 Å². The number of aromatic carboxylic acids is 1. The fourth-order valence-corrected chi connectivity index (χ4v) is 3.15. The Hall–Kier alpha value is -2.76. The van der Waals surface area contributed by atoms with Crippen molar-refractivity contribution in [1.29, 1.82) is 0 Å². The van der Waals surface area contributed by atoms with E-state index in [0.717, 1.165) is 24.6 Å². The van der Waals surface area contributed by atoms with Crippen molar-refractivity contribution in [2.75, 3.05) is 0 Å². The summed E-state index contributed by atoms with van der Waals surface area (Å²) < 4.78 is 0. The molecule has 0 fully saturated rings. The van der Waals surface area contributed by atoms with Crippen molar-refractivity contribution < 1.29 is 14.7 Å². The first kappa shape index (κ1) is 16.1. The maximum atomic E-state index is 12.4. The van der Waals surface area contributed by atoms with Crippen LogP contribution in [-0.2, 0) is 5.41 Å². The van der Waals surface area contributed by atoms with Crippen LogP contribution in [0.3, 0.4) is 0 Å². The molecule has 24 heavy (non-hydrogen) atoms. The minimum atomic E-state index is -1.17. The van der Waals surface area contributed by atoms with Crippen molar-refractivity contribution in [2.45, 2.75) is 38.1 Å². The van der Waals surface area contributed by atoms with Gasteiger partial charge in [0.2, 0.25) is 0 Å². The van der Waals surface area contributed by atoms with Crippen molar-refractivity contribution >= 4 is 11.9 Å². The van der Waals surface area contributed by atoms with E-state index in [-0.39, 0.29) is 28.8 Å². The van der Waals surface area contributed by atoms with E-state index in [1.54, 1.807) is 0 Å². The summed E-state index contributed by atoms with van der Waals surface area (Å²) in [6, 6.07) is 8.06. The molecule has 1 amide bonds. The molecule has 2 N–H and O–H groups in total. The molecule has 0 aliphatic heterocycles. The van der Waals surface area contributed by atoms with Crippen LogP contribution < -0.4 is 5.32 Å². The van der Waals surface area contributed by atoms with Crippen LogP contribution in [0.25, 0.3) is 0 Å². The minimum absolute atomic E-state index is 0.0809. The Kier molecular flexibility index (Phi) is 4.05. The molecule has 1 aromatic heterocycles. The van der Waals surface area contributed by atoms with E-state index in [4.69, 9.17) is 5.11 Å². The monoisotopic (exact) mass is 325 g/mol. The van der Waals surface area contributed by atoms with Crippen LogP contribution in [0.15, 0.2) is 36.7 Å². The zero-order chi connectivity index (χ0) is 17.3. The van der Waals surface area contributed by atoms with Crippen LogP contribution in [0.1, 0.15) is 64.8 Å². The molecule has 3 rings (SSSR count). The second-order valence-electron chi connectivity index (χ2n) is 6.63. The molecule has 6 heteroatoms. The number of hydrogen-bond donors (Lipinski definition) is 2. The molecule has 0 spiro atoms. The first-order chi connectivity index (χ1) is 11.4. The Morgan fingerprint density at radius 3 is 2.50 bits per heavy atom. The second kappa shape index (κ2) is 6.03. The number of fused-ring (bicyclic) bond motifs is 1. The average molecular weight is 325 g/mol. The number of hydrogen-bond acceptors (Lipinski definition) is 4. The molecule has 1 unspecified atom stereocenters. The van der Waals surface area contributed by atoms with E-state index >= 15 is 0 Å². The van der Waals surface area contributed by atoms with Gasteiger partial charge >= 0.3 is 5.97 Å². The highest BCUT2D eigenvalue weighted by atomic mass is 16.4. The van der Waals surface area contributed by atoms with Gasteiger partial charge in [0.05, 0.1) is 18.4 Å². The van der Waals surface area contributed by atoms with Crippen LogP contribution in [-0.4, -0.2) is 27.0 Å². The largest absolute Gasteiger partial charge is 0.476 e. The zero-order valence-electron chi connectivity index (χ0n) is 13.6. The molecule has 1 atom stereocenters. The Bertz CT molecular complexity index is 784. The molecule has 0 saturated heterocycles. The van der Waals surface area contributed by atoms with E-state index in [1.165, 1.54) is 11.8 Å². The van der Waals surface area contributed by atoms with Crippen molar-refractivity contribution in [2.24, 2.45) is 0 Å². The van der Waals surface area contributed by atoms with Crippen LogP contribution in [0.4, 0.5) is 0 Å². The molecule has 1 heterocycles. The van der Waals surface area contributed by atoms with Gasteiger partial charge in [-0.2, -0.15) is 0 Å². The minimum Gasteiger partial charge on any atom is -0.476 e. The van der Waals surface area contributed by atoms with Crippen LogP contribution in [0.5, 0.6) is 0 Å². The lowest BCUT2D eigenvalue weighted by Gasteiger charge is -2.37. The number of nitrogens with one attached hydrogen (secondary N) is 1. The normalized spacial score (nSPS) is 18.5. The predicted octanol–water partition coefficient (Wildman–Crippen LogP) is 2.72. The number of aromatic nitrogens is 2. The molecule has 0 saturated carbocycles. The lowest BCUT2D eigenvalue weighted by Crippen LogP contribution is -2.36. The quantitative estimate of drug-likeness (QED) is 0.905. The number of carbonyl (C=O) groups is 2. The topological polar surface area (TPSA) is 92.2 Å². The van der Waals surface area contributed by atoms with Gasteiger partial charge in [0, 0.05) is 0 Å². The smallest absolute Gasteiger partial charge is 0.356 e. The standard InChI is InChI=1S/C18H19N3O3/c1-18(2)8-7-13(11-5-3-4-6-12(11)18)21-16(22)14-9-20-15(10-19-14)17(23)24/h3-6,9-10,13H,7-8H2,1-2H3,(H,21,22)(H,23,24). The van der Waals surface area contributed by atoms with E-state index in [2.05, 4.69) is 35.2 Å². The number of benzene rings is 1. The van der Waals surface area contributed by atoms with Gasteiger partial charge in [-0.1, -0.05) is 38.1 Å². The average Bonchev–Trinajstić information content (AvgIpc) is 2.58. The Morgan fingerprint density at radius 1 is 1.17 bits per heavy atom. The molecular weight excluding hydrogens is 306 g/mol. The van der Waals surface area contributed by atoms with E-state index in [1.807, 2.05) is 18.2 Å². The molecular formula is C18H19N3O3. The second-order valence-corrected chi connectivity index (χ2v) is 6.63. The van der Waals surface area contributed by atoms with Crippen molar-refractivity contribution in [1.82, 2.24) is 15.3 Å². The maximum Gasteiger partial charge on any atom is 0.356 e. The highest BCUT2D eigenvalue weighted by molar-refractivity contribution is 5.93. The summed E-state index contributed by atoms with van der Waals surface area (Å²) in [5, 5.41) is 11.8. The maximum absolute atomic E-state index is 12.4. The van der Waals surface area contributed by atoms with Crippen molar-refractivity contribution in [3.8, 4) is 0 Å². The summed E-state index contributed by atoms with van der Waals surface area (Å²) in [4.78, 5) is 30.8. The molecule has 1 aromatic carbocycles. The number of carboxylic acid groups (broad SMARTS) is 1. The van der Waals surface area contributed by atoms with Gasteiger partial charge in [0.25, 0.3) is 5.91 Å². The number of carbonyl (C=O) groups excluding carboxylic acids is 1. The van der Waals surface area contributed by atoms with Gasteiger partial charge in [-0.05, 0) is 29.4 Å². The first-order valence-electron chi connectivity index (χ1n) is 7.84.